The Bertz CT molecular complexity index is 1500. The highest BCUT2D eigenvalue weighted by Crippen LogP contribution is 2.41. The quantitative estimate of drug-likeness (QED) is 0.0762. The molecule has 352 valence electrons. The second kappa shape index (κ2) is 22.9. The fraction of sp³-hybridized carbons (Fsp3) is 0.864. The number of nitrogens with one attached hydrogen (secondary N) is 2. The summed E-state index contributed by atoms with van der Waals surface area (Å²) in [6, 6.07) is 4.11. The highest BCUT2D eigenvalue weighted by molar-refractivity contribution is 7.09. The maximum atomic E-state index is 14.3. The van der Waals surface area contributed by atoms with E-state index in [1.54, 1.807) is 59.8 Å². The van der Waals surface area contributed by atoms with Crippen molar-refractivity contribution < 1.29 is 63.6 Å². The first-order chi connectivity index (χ1) is 28.7. The Balaban J connectivity index is 1.69. The number of aliphatic hydroxyl groups is 5. The van der Waals surface area contributed by atoms with Crippen LogP contribution in [0.5, 0.6) is 0 Å². The number of ether oxygens (including phenoxy) is 6. The smallest absolute Gasteiger partial charge is 0.311 e. The van der Waals surface area contributed by atoms with Gasteiger partial charge in [-0.2, -0.15) is 0 Å². The highest BCUT2D eigenvalue weighted by atomic mass is 32.1. The van der Waals surface area contributed by atoms with Crippen molar-refractivity contribution in [2.75, 3.05) is 33.4 Å². The molecule has 3 saturated heterocycles. The molecule has 61 heavy (non-hydrogen) atoms. The van der Waals surface area contributed by atoms with Gasteiger partial charge in [0.2, 0.25) is 0 Å². The van der Waals surface area contributed by atoms with Crippen molar-refractivity contribution >= 4 is 23.0 Å². The van der Waals surface area contributed by atoms with E-state index < -0.39 is 102 Å². The molecule has 16 nitrogen and oxygen atoms in total. The molecule has 0 aromatic carbocycles. The molecule has 4 heterocycles. The van der Waals surface area contributed by atoms with Gasteiger partial charge in [0.05, 0.1) is 53.4 Å². The zero-order valence-electron chi connectivity index (χ0n) is 38.2. The molecular weight excluding hydrogens is 811 g/mol. The topological polar surface area (TPSA) is 219 Å². The van der Waals surface area contributed by atoms with Gasteiger partial charge in [0, 0.05) is 62.3 Å². The molecular formula is C44H77N3O13S. The average molecular weight is 888 g/mol. The summed E-state index contributed by atoms with van der Waals surface area (Å²) >= 11 is 1.70. The summed E-state index contributed by atoms with van der Waals surface area (Å²) in [4.78, 5) is 21.4. The standard InChI is InChI=1S/C44H77N3O13S/c1-12-33-44(10,53)37(49)27(4)35(47-55-20-19-45-17-18-46-24-31-14-13-21-61-31)25(2)22-42(8,52)39(60-41-32(48)16-15-26(3)56-41)28(5)36(29(6)40(51)58-33)59-34-23-43(9,54-11)38(50)30(7)57-34/h13-14,21,25-30,32-34,36-39,41,45-46,48-50,52-53H,12,15-20,22-24H2,1-11H3/b47-35+/t25-,26-,27+,28+,29-,30+,32-,33-,34+,36+,37-,38+,39-,41+,42-,43-,44-/m1/s1. The first-order valence-corrected chi connectivity index (χ1v) is 23.0. The number of thiophene rings is 1. The van der Waals surface area contributed by atoms with E-state index in [1.807, 2.05) is 19.9 Å². The first kappa shape index (κ1) is 51.8. The Morgan fingerprint density at radius 1 is 0.918 bits per heavy atom. The van der Waals surface area contributed by atoms with E-state index in [1.165, 1.54) is 18.9 Å². The van der Waals surface area contributed by atoms with Gasteiger partial charge in [-0.15, -0.1) is 11.3 Å². The van der Waals surface area contributed by atoms with Crippen LogP contribution in [-0.4, -0.2) is 149 Å². The van der Waals surface area contributed by atoms with Crippen molar-refractivity contribution in [1.29, 1.82) is 0 Å². The molecule has 0 aliphatic carbocycles. The number of hydrogen-bond donors (Lipinski definition) is 7. The van der Waals surface area contributed by atoms with Gasteiger partial charge in [0.25, 0.3) is 0 Å². The molecule has 0 saturated carbocycles. The lowest BCUT2D eigenvalue weighted by atomic mass is 9.73. The Kier molecular flexibility index (Phi) is 19.4. The summed E-state index contributed by atoms with van der Waals surface area (Å²) in [6.07, 6.45) is -8.42. The SMILES string of the molecule is CC[C@H]1OC(=O)[C@H](C)[C@@H](O[C@H]2C[C@@](C)(OC)[C@@H](O)[C@H](C)O2)[C@H](C)[C@@H](O[C@@H]2O[C@H](C)CC[C@H]2O)[C@](C)(O)C[C@@H](C)/C(=N\OCCNCCNCc2cccs2)[C@H](C)[C@@H](O)[C@]1(C)O. The van der Waals surface area contributed by atoms with Crippen LogP contribution >= 0.6 is 11.3 Å². The minimum absolute atomic E-state index is 0.0174. The minimum Gasteiger partial charge on any atom is -0.459 e. The Morgan fingerprint density at radius 3 is 2.28 bits per heavy atom. The number of hydrogen-bond acceptors (Lipinski definition) is 17. The zero-order valence-corrected chi connectivity index (χ0v) is 39.1. The molecule has 7 N–H and O–H groups in total. The second-order valence-corrected chi connectivity index (χ2v) is 19.3. The van der Waals surface area contributed by atoms with E-state index in [9.17, 15) is 30.3 Å². The number of rotatable bonds is 15. The molecule has 17 atom stereocenters. The fourth-order valence-electron chi connectivity index (χ4n) is 9.16. The van der Waals surface area contributed by atoms with Crippen molar-refractivity contribution in [3.05, 3.63) is 22.4 Å². The molecule has 1 aromatic rings. The lowest BCUT2D eigenvalue weighted by Gasteiger charge is -2.48. The summed E-state index contributed by atoms with van der Waals surface area (Å²) < 4.78 is 37.5. The normalized spacial score (nSPS) is 42.8. The van der Waals surface area contributed by atoms with Crippen LogP contribution < -0.4 is 10.6 Å². The van der Waals surface area contributed by atoms with Gasteiger partial charge < -0.3 is 69.4 Å². The summed E-state index contributed by atoms with van der Waals surface area (Å²) in [7, 11) is 1.50. The fourth-order valence-corrected chi connectivity index (χ4v) is 9.83. The third kappa shape index (κ3) is 13.4. The summed E-state index contributed by atoms with van der Waals surface area (Å²) in [6.45, 7) is 20.1. The molecule has 0 spiro atoms. The van der Waals surface area contributed by atoms with E-state index in [4.69, 9.17) is 33.3 Å². The summed E-state index contributed by atoms with van der Waals surface area (Å²) in [5, 5.41) is 72.1. The van der Waals surface area contributed by atoms with Crippen molar-refractivity contribution in [2.45, 2.75) is 186 Å². The Labute approximate surface area is 367 Å². The lowest BCUT2D eigenvalue weighted by Crippen LogP contribution is -2.60. The van der Waals surface area contributed by atoms with Gasteiger partial charge in [-0.05, 0) is 78.7 Å². The van der Waals surface area contributed by atoms with Gasteiger partial charge >= 0.3 is 5.97 Å². The molecule has 4 rings (SSSR count). The first-order valence-electron chi connectivity index (χ1n) is 22.2. The van der Waals surface area contributed by atoms with Crippen LogP contribution in [0.1, 0.15) is 106 Å². The highest BCUT2D eigenvalue weighted by Gasteiger charge is 2.53. The van der Waals surface area contributed by atoms with Crippen LogP contribution in [0.15, 0.2) is 22.7 Å². The van der Waals surface area contributed by atoms with E-state index >= 15 is 0 Å². The maximum Gasteiger partial charge on any atom is 0.311 e. The number of carbonyl (C=O) groups excluding carboxylic acids is 1. The third-order valence-corrected chi connectivity index (χ3v) is 13.9. The molecule has 3 fully saturated rings. The van der Waals surface area contributed by atoms with Crippen molar-refractivity contribution in [2.24, 2.45) is 28.8 Å². The number of carbonyl (C=O) groups is 1. The van der Waals surface area contributed by atoms with Crippen molar-refractivity contribution in [3.63, 3.8) is 0 Å². The predicted molar refractivity (Wildman–Crippen MR) is 231 cm³/mol. The predicted octanol–water partition coefficient (Wildman–Crippen LogP) is 3.49. The molecule has 0 amide bonds. The van der Waals surface area contributed by atoms with Crippen molar-refractivity contribution in [3.8, 4) is 0 Å². The summed E-state index contributed by atoms with van der Waals surface area (Å²) in [5.74, 6) is -3.95. The minimum atomic E-state index is -1.94. The number of oxime groups is 1. The monoisotopic (exact) mass is 888 g/mol. The van der Waals surface area contributed by atoms with Gasteiger partial charge in [-0.1, -0.05) is 38.9 Å². The molecule has 0 radical (unpaired) electrons. The number of aliphatic hydroxyl groups excluding tert-OH is 3. The number of cyclic esters (lactones) is 1. The largest absolute Gasteiger partial charge is 0.459 e. The molecule has 0 bridgehead atoms. The third-order valence-electron chi connectivity index (χ3n) is 13.0. The molecule has 17 heteroatoms. The van der Waals surface area contributed by atoms with Crippen LogP contribution in [0.3, 0.4) is 0 Å². The number of nitrogens with zero attached hydrogens (tertiary/aromatic N) is 1. The number of esters is 1. The molecule has 3 aliphatic heterocycles. The van der Waals surface area contributed by atoms with E-state index in [-0.39, 0.29) is 32.0 Å². The van der Waals surface area contributed by atoms with E-state index in [0.29, 0.717) is 31.6 Å². The van der Waals surface area contributed by atoms with Crippen LogP contribution in [0.4, 0.5) is 0 Å². The van der Waals surface area contributed by atoms with Gasteiger partial charge in [-0.25, -0.2) is 0 Å². The van der Waals surface area contributed by atoms with Crippen LogP contribution in [0.25, 0.3) is 0 Å². The Morgan fingerprint density at radius 2 is 1.62 bits per heavy atom. The lowest BCUT2D eigenvalue weighted by molar-refractivity contribution is -0.314. The number of methoxy groups -OCH3 is 1. The molecule has 1 aromatic heterocycles. The van der Waals surface area contributed by atoms with E-state index in [0.717, 1.165) is 13.1 Å². The van der Waals surface area contributed by atoms with Crippen LogP contribution in [0.2, 0.25) is 0 Å². The van der Waals surface area contributed by atoms with Crippen molar-refractivity contribution in [1.82, 2.24) is 10.6 Å². The molecule has 3 aliphatic rings. The second-order valence-electron chi connectivity index (χ2n) is 18.3. The van der Waals surface area contributed by atoms with Gasteiger partial charge in [0.15, 0.2) is 12.6 Å². The zero-order chi connectivity index (χ0) is 45.3. The van der Waals surface area contributed by atoms with Crippen LogP contribution in [0, 0.1) is 23.7 Å². The molecule has 0 unspecified atom stereocenters. The van der Waals surface area contributed by atoms with E-state index in [2.05, 4.69) is 27.2 Å². The van der Waals surface area contributed by atoms with Crippen LogP contribution in [-0.2, 0) is 44.6 Å². The van der Waals surface area contributed by atoms with Gasteiger partial charge in [0.1, 0.15) is 30.5 Å². The summed E-state index contributed by atoms with van der Waals surface area (Å²) in [5.41, 5.74) is -4.32. The Hall–Kier alpha value is -1.84. The average Bonchev–Trinajstić information content (AvgIpc) is 3.73. The maximum absolute atomic E-state index is 14.3. The van der Waals surface area contributed by atoms with Gasteiger partial charge in [-0.3, -0.25) is 4.79 Å².